The van der Waals surface area contributed by atoms with Crippen molar-refractivity contribution in [1.29, 1.82) is 0 Å². The van der Waals surface area contributed by atoms with Crippen LogP contribution in [-0.2, 0) is 4.79 Å². The molecule has 0 saturated heterocycles. The van der Waals surface area contributed by atoms with Crippen LogP contribution in [0.25, 0.3) is 0 Å². The minimum absolute atomic E-state index is 0. The molecule has 3 aliphatic rings. The van der Waals surface area contributed by atoms with Crippen LogP contribution in [0.5, 0.6) is 0 Å². The summed E-state index contributed by atoms with van der Waals surface area (Å²) in [5.74, 6) is -0.0854. The molecule has 14 heavy (non-hydrogen) atoms. The first-order valence-corrected chi connectivity index (χ1v) is 5.13. The van der Waals surface area contributed by atoms with Gasteiger partial charge in [-0.05, 0) is 50.5 Å². The quantitative estimate of drug-likeness (QED) is 0.731. The van der Waals surface area contributed by atoms with Crippen LogP contribution in [0, 0.1) is 10.8 Å². The van der Waals surface area contributed by atoms with Crippen LogP contribution >= 0.6 is 12.4 Å². The Bertz CT molecular complexity index is 218. The van der Waals surface area contributed by atoms with Crippen molar-refractivity contribution in [2.75, 3.05) is 6.54 Å². The second-order valence-electron chi connectivity index (χ2n) is 4.85. The van der Waals surface area contributed by atoms with Gasteiger partial charge in [0.15, 0.2) is 0 Å². The van der Waals surface area contributed by atoms with Crippen LogP contribution < -0.4 is 11.5 Å². The molecule has 0 radical (unpaired) electrons. The Morgan fingerprint density at radius 3 is 1.79 bits per heavy atom. The van der Waals surface area contributed by atoms with Gasteiger partial charge in [-0.15, -0.1) is 12.4 Å². The molecule has 0 atom stereocenters. The predicted molar refractivity (Wildman–Crippen MR) is 58.1 cm³/mol. The Labute approximate surface area is 91.0 Å². The van der Waals surface area contributed by atoms with Gasteiger partial charge in [-0.25, -0.2) is 0 Å². The first-order chi connectivity index (χ1) is 6.13. The first-order valence-electron chi connectivity index (χ1n) is 5.13. The van der Waals surface area contributed by atoms with E-state index in [1.807, 2.05) is 0 Å². The highest BCUT2D eigenvalue weighted by atomic mass is 35.5. The Hall–Kier alpha value is -0.280. The Balaban J connectivity index is 0.000000980. The highest BCUT2D eigenvalue weighted by Crippen LogP contribution is 2.56. The number of carbonyl (C=O) groups excluding carboxylic acids is 1. The van der Waals surface area contributed by atoms with E-state index in [1.165, 1.54) is 0 Å². The number of fused-ring (bicyclic) bond motifs is 3. The van der Waals surface area contributed by atoms with Crippen LogP contribution in [-0.4, -0.2) is 12.5 Å². The molecule has 1 amide bonds. The van der Waals surface area contributed by atoms with Gasteiger partial charge in [-0.3, -0.25) is 4.79 Å². The number of nitrogens with two attached hydrogens (primary N) is 2. The van der Waals surface area contributed by atoms with Crippen molar-refractivity contribution in [3.63, 3.8) is 0 Å². The smallest absolute Gasteiger partial charge is 0.223 e. The molecule has 0 aromatic rings. The van der Waals surface area contributed by atoms with Gasteiger partial charge in [0.25, 0.3) is 0 Å². The second-order valence-corrected chi connectivity index (χ2v) is 4.85. The number of hydrogen-bond donors (Lipinski definition) is 2. The summed E-state index contributed by atoms with van der Waals surface area (Å²) >= 11 is 0. The SMILES string of the molecule is Cl.NCC12CCC(C(N)=O)(CC1)CC2. The van der Waals surface area contributed by atoms with E-state index in [1.54, 1.807) is 0 Å². The maximum Gasteiger partial charge on any atom is 0.223 e. The van der Waals surface area contributed by atoms with Gasteiger partial charge in [0.05, 0.1) is 0 Å². The van der Waals surface area contributed by atoms with Gasteiger partial charge in [0, 0.05) is 5.41 Å². The monoisotopic (exact) mass is 218 g/mol. The highest BCUT2D eigenvalue weighted by Gasteiger charge is 2.50. The molecular weight excluding hydrogens is 200 g/mol. The lowest BCUT2D eigenvalue weighted by atomic mass is 9.53. The summed E-state index contributed by atoms with van der Waals surface area (Å²) in [4.78, 5) is 11.3. The third-order valence-electron chi connectivity index (χ3n) is 4.36. The normalized spacial score (nSPS) is 40.4. The lowest BCUT2D eigenvalue weighted by molar-refractivity contribution is -0.136. The molecule has 82 valence electrons. The van der Waals surface area contributed by atoms with Gasteiger partial charge >= 0.3 is 0 Å². The molecule has 0 aliphatic heterocycles. The molecule has 3 saturated carbocycles. The zero-order valence-corrected chi connectivity index (χ0v) is 9.24. The Kier molecular flexibility index (Phi) is 3.12. The first kappa shape index (κ1) is 11.8. The van der Waals surface area contributed by atoms with Gasteiger partial charge < -0.3 is 11.5 Å². The average Bonchev–Trinajstić information content (AvgIpc) is 2.20. The zero-order chi connectivity index (χ0) is 9.53. The van der Waals surface area contributed by atoms with Gasteiger partial charge in [-0.1, -0.05) is 0 Å². The number of halogens is 1. The second kappa shape index (κ2) is 3.70. The van der Waals surface area contributed by atoms with Crippen molar-refractivity contribution in [3.05, 3.63) is 0 Å². The molecule has 0 heterocycles. The fourth-order valence-corrected chi connectivity index (χ4v) is 2.94. The molecule has 3 fully saturated rings. The van der Waals surface area contributed by atoms with E-state index in [0.717, 1.165) is 45.1 Å². The van der Waals surface area contributed by atoms with E-state index >= 15 is 0 Å². The fraction of sp³-hybridized carbons (Fsp3) is 0.900. The minimum Gasteiger partial charge on any atom is -0.369 e. The lowest BCUT2D eigenvalue weighted by Crippen LogP contribution is -2.50. The minimum atomic E-state index is -0.156. The Morgan fingerprint density at radius 2 is 1.50 bits per heavy atom. The molecule has 0 aromatic heterocycles. The maximum atomic E-state index is 11.3. The molecule has 0 unspecified atom stereocenters. The summed E-state index contributed by atoms with van der Waals surface area (Å²) < 4.78 is 0. The molecule has 3 aliphatic carbocycles. The zero-order valence-electron chi connectivity index (χ0n) is 8.42. The summed E-state index contributed by atoms with van der Waals surface area (Å²) in [6.07, 6.45) is 6.23. The number of amides is 1. The van der Waals surface area contributed by atoms with E-state index in [2.05, 4.69) is 0 Å². The lowest BCUT2D eigenvalue weighted by Gasteiger charge is -2.51. The summed E-state index contributed by atoms with van der Waals surface area (Å²) in [5.41, 5.74) is 11.4. The molecule has 3 nitrogen and oxygen atoms in total. The van der Waals surface area contributed by atoms with Crippen LogP contribution in [0.3, 0.4) is 0 Å². The molecule has 4 heteroatoms. The van der Waals surface area contributed by atoms with E-state index in [4.69, 9.17) is 11.5 Å². The van der Waals surface area contributed by atoms with Crippen LogP contribution in [0.1, 0.15) is 38.5 Å². The van der Waals surface area contributed by atoms with Crippen LogP contribution in [0.2, 0.25) is 0 Å². The predicted octanol–water partition coefficient (Wildman–Crippen LogP) is 1.19. The number of hydrogen-bond acceptors (Lipinski definition) is 2. The number of primary amides is 1. The van der Waals surface area contributed by atoms with Crippen molar-refractivity contribution in [2.45, 2.75) is 38.5 Å². The van der Waals surface area contributed by atoms with Gasteiger partial charge in [0.1, 0.15) is 0 Å². The van der Waals surface area contributed by atoms with E-state index in [9.17, 15) is 4.79 Å². The van der Waals surface area contributed by atoms with E-state index in [-0.39, 0.29) is 23.7 Å². The standard InChI is InChI=1S/C10H18N2O.ClH/c11-7-9-1-4-10(5-2-9,6-3-9)8(12)13;/h1-7,11H2,(H2,12,13);1H. The molecule has 4 N–H and O–H groups in total. The number of carbonyl (C=O) groups is 1. The summed E-state index contributed by atoms with van der Waals surface area (Å²) in [6, 6.07) is 0. The molecule has 3 rings (SSSR count). The van der Waals surface area contributed by atoms with Crippen molar-refractivity contribution in [1.82, 2.24) is 0 Å². The highest BCUT2D eigenvalue weighted by molar-refractivity contribution is 5.85. The largest absolute Gasteiger partial charge is 0.369 e. The van der Waals surface area contributed by atoms with Crippen molar-refractivity contribution in [3.8, 4) is 0 Å². The van der Waals surface area contributed by atoms with E-state index in [0.29, 0.717) is 5.41 Å². The molecule has 0 spiro atoms. The van der Waals surface area contributed by atoms with Crippen LogP contribution in [0.15, 0.2) is 0 Å². The van der Waals surface area contributed by atoms with Crippen molar-refractivity contribution >= 4 is 18.3 Å². The van der Waals surface area contributed by atoms with Crippen molar-refractivity contribution in [2.24, 2.45) is 22.3 Å². The summed E-state index contributed by atoms with van der Waals surface area (Å²) in [5, 5.41) is 0. The summed E-state index contributed by atoms with van der Waals surface area (Å²) in [6.45, 7) is 0.780. The van der Waals surface area contributed by atoms with Gasteiger partial charge in [-0.2, -0.15) is 0 Å². The van der Waals surface area contributed by atoms with Crippen molar-refractivity contribution < 1.29 is 4.79 Å². The fourth-order valence-electron chi connectivity index (χ4n) is 2.94. The molecule has 0 aromatic carbocycles. The molecule has 2 bridgehead atoms. The Morgan fingerprint density at radius 1 is 1.07 bits per heavy atom. The third-order valence-corrected chi connectivity index (χ3v) is 4.36. The van der Waals surface area contributed by atoms with Crippen LogP contribution in [0.4, 0.5) is 0 Å². The van der Waals surface area contributed by atoms with E-state index < -0.39 is 0 Å². The van der Waals surface area contributed by atoms with Gasteiger partial charge in [0.2, 0.25) is 5.91 Å². The number of rotatable bonds is 2. The topological polar surface area (TPSA) is 69.1 Å². The molecular formula is C10H19ClN2O. The maximum absolute atomic E-state index is 11.3. The summed E-state index contributed by atoms with van der Waals surface area (Å²) in [7, 11) is 0. The third kappa shape index (κ3) is 1.52. The average molecular weight is 219 g/mol.